The van der Waals surface area contributed by atoms with E-state index in [9.17, 15) is 4.79 Å². The molecule has 4 aromatic rings. The molecule has 0 bridgehead atoms. The zero-order chi connectivity index (χ0) is 26.2. The van der Waals surface area contributed by atoms with Gasteiger partial charge < -0.3 is 25.3 Å². The molecule has 2 heterocycles. The number of amidine groups is 1. The maximum atomic E-state index is 12.8. The predicted octanol–water partition coefficient (Wildman–Crippen LogP) is 2.26. The molecule has 192 valence electrons. The average molecular weight is 505 g/mol. The van der Waals surface area contributed by atoms with E-state index in [0.29, 0.717) is 48.4 Å². The van der Waals surface area contributed by atoms with Crippen LogP contribution in [0.1, 0.15) is 29.9 Å². The normalized spacial score (nSPS) is 11.6. The summed E-state index contributed by atoms with van der Waals surface area (Å²) in [4.78, 5) is 23.9. The van der Waals surface area contributed by atoms with E-state index in [0.717, 1.165) is 10.2 Å². The number of methoxy groups -OCH3 is 1. The van der Waals surface area contributed by atoms with Gasteiger partial charge in [0.2, 0.25) is 0 Å². The van der Waals surface area contributed by atoms with Crippen molar-refractivity contribution in [3.8, 4) is 17.4 Å². The summed E-state index contributed by atoms with van der Waals surface area (Å²) < 4.78 is 17.8. The minimum Gasteiger partial charge on any atom is -0.494 e. The van der Waals surface area contributed by atoms with E-state index in [1.807, 2.05) is 19.1 Å². The van der Waals surface area contributed by atoms with Crippen molar-refractivity contribution < 1.29 is 14.2 Å². The quantitative estimate of drug-likeness (QED) is 0.129. The Morgan fingerprint density at radius 2 is 1.81 bits per heavy atom. The number of nitrogens with zero attached hydrogens (tertiary/aromatic N) is 4. The van der Waals surface area contributed by atoms with E-state index in [1.165, 1.54) is 12.4 Å². The molecule has 12 nitrogen and oxygen atoms in total. The van der Waals surface area contributed by atoms with E-state index < -0.39 is 11.7 Å². The van der Waals surface area contributed by atoms with Gasteiger partial charge in [-0.1, -0.05) is 0 Å². The second kappa shape index (κ2) is 11.8. The summed E-state index contributed by atoms with van der Waals surface area (Å²) >= 11 is 0. The van der Waals surface area contributed by atoms with Gasteiger partial charge in [0.05, 0.1) is 13.2 Å². The Bertz CT molecular complexity index is 1390. The molecule has 0 saturated heterocycles. The number of nitrogens with two attached hydrogens (primary N) is 1. The zero-order valence-electron chi connectivity index (χ0n) is 20.5. The Morgan fingerprint density at radius 3 is 2.46 bits per heavy atom. The lowest BCUT2D eigenvalue weighted by Gasteiger charge is -2.20. The highest BCUT2D eigenvalue weighted by Gasteiger charge is 2.23. The number of ether oxygens (including phenoxy) is 3. The van der Waals surface area contributed by atoms with Gasteiger partial charge in [0.1, 0.15) is 30.0 Å². The average Bonchev–Trinajstić information content (AvgIpc) is 3.29. The number of H-pyrrole nitrogens is 1. The number of aromatic amines is 1. The van der Waals surface area contributed by atoms with E-state index in [-0.39, 0.29) is 11.8 Å². The maximum absolute atomic E-state index is 12.8. The third-order valence-corrected chi connectivity index (χ3v) is 5.26. The molecule has 0 amide bonds. The van der Waals surface area contributed by atoms with E-state index in [4.69, 9.17) is 25.4 Å². The first-order valence-electron chi connectivity index (χ1n) is 11.6. The van der Waals surface area contributed by atoms with Crippen LogP contribution in [-0.4, -0.2) is 57.5 Å². The van der Waals surface area contributed by atoms with Crippen LogP contribution < -0.4 is 26.2 Å². The number of nitrogens with one attached hydrogen (secondary N) is 3. The van der Waals surface area contributed by atoms with Gasteiger partial charge in [0.15, 0.2) is 5.82 Å². The molecule has 0 radical (unpaired) electrons. The smallest absolute Gasteiger partial charge is 0.350 e. The van der Waals surface area contributed by atoms with Gasteiger partial charge in [0, 0.05) is 36.8 Å². The van der Waals surface area contributed by atoms with Crippen molar-refractivity contribution in [3.05, 3.63) is 88.4 Å². The first-order valence-corrected chi connectivity index (χ1v) is 11.6. The van der Waals surface area contributed by atoms with Gasteiger partial charge in [-0.15, -0.1) is 9.78 Å². The second-order valence-corrected chi connectivity index (χ2v) is 7.86. The fourth-order valence-corrected chi connectivity index (χ4v) is 3.57. The Hall–Kier alpha value is -4.71. The van der Waals surface area contributed by atoms with E-state index in [2.05, 4.69) is 25.4 Å². The molecule has 2 aromatic heterocycles. The lowest BCUT2D eigenvalue weighted by Crippen LogP contribution is -2.18. The first kappa shape index (κ1) is 25.4. The molecule has 0 spiro atoms. The SMILES string of the molecule is CCOc1cc(OCCOC)cc(C(Nc2ccc(C(=N)N)cc2)c2nn(-c3ncccn3)c(=O)[nH]2)c1. The fraction of sp³-hybridized carbons (Fsp3) is 0.240. The second-order valence-electron chi connectivity index (χ2n) is 7.86. The summed E-state index contributed by atoms with van der Waals surface area (Å²) in [6.45, 7) is 3.13. The van der Waals surface area contributed by atoms with Crippen LogP contribution in [0.4, 0.5) is 5.69 Å². The molecule has 0 aliphatic heterocycles. The Kier molecular flexibility index (Phi) is 8.11. The third-order valence-electron chi connectivity index (χ3n) is 5.26. The van der Waals surface area contributed by atoms with Crippen LogP contribution in [0.5, 0.6) is 11.5 Å². The van der Waals surface area contributed by atoms with Crippen molar-refractivity contribution in [2.45, 2.75) is 13.0 Å². The number of aromatic nitrogens is 5. The van der Waals surface area contributed by atoms with Gasteiger partial charge in [-0.3, -0.25) is 10.4 Å². The Morgan fingerprint density at radius 1 is 1.11 bits per heavy atom. The fourth-order valence-electron chi connectivity index (χ4n) is 3.57. The number of rotatable bonds is 12. The summed E-state index contributed by atoms with van der Waals surface area (Å²) in [5, 5.41) is 15.5. The van der Waals surface area contributed by atoms with Crippen molar-refractivity contribution >= 4 is 11.5 Å². The highest BCUT2D eigenvalue weighted by Crippen LogP contribution is 2.31. The minimum absolute atomic E-state index is 0.0312. The van der Waals surface area contributed by atoms with Crippen molar-refractivity contribution in [2.75, 3.05) is 32.2 Å². The predicted molar refractivity (Wildman–Crippen MR) is 138 cm³/mol. The Labute approximate surface area is 213 Å². The van der Waals surface area contributed by atoms with Gasteiger partial charge in [-0.05, 0) is 55.0 Å². The van der Waals surface area contributed by atoms with Crippen LogP contribution in [0.15, 0.2) is 65.7 Å². The number of anilines is 1. The Balaban J connectivity index is 1.78. The van der Waals surface area contributed by atoms with Crippen LogP contribution in [0.25, 0.3) is 5.95 Å². The summed E-state index contributed by atoms with van der Waals surface area (Å²) in [6, 6.07) is 13.6. The molecule has 1 unspecified atom stereocenters. The summed E-state index contributed by atoms with van der Waals surface area (Å²) in [5.74, 6) is 1.61. The molecule has 2 aromatic carbocycles. The highest BCUT2D eigenvalue weighted by atomic mass is 16.5. The van der Waals surface area contributed by atoms with Crippen molar-refractivity contribution in [2.24, 2.45) is 5.73 Å². The highest BCUT2D eigenvalue weighted by molar-refractivity contribution is 5.95. The monoisotopic (exact) mass is 504 g/mol. The molecule has 1 atom stereocenters. The third kappa shape index (κ3) is 6.30. The molecule has 0 aliphatic carbocycles. The number of benzene rings is 2. The summed E-state index contributed by atoms with van der Waals surface area (Å²) in [7, 11) is 1.60. The van der Waals surface area contributed by atoms with E-state index in [1.54, 1.807) is 43.5 Å². The molecule has 37 heavy (non-hydrogen) atoms. The van der Waals surface area contributed by atoms with Gasteiger partial charge >= 0.3 is 5.69 Å². The molecular formula is C25H28N8O4. The molecule has 0 saturated carbocycles. The molecule has 5 N–H and O–H groups in total. The van der Waals surface area contributed by atoms with Crippen molar-refractivity contribution in [1.29, 1.82) is 5.41 Å². The minimum atomic E-state index is -0.619. The van der Waals surface area contributed by atoms with Crippen LogP contribution in [0.2, 0.25) is 0 Å². The topological polar surface area (TPSA) is 166 Å². The summed E-state index contributed by atoms with van der Waals surface area (Å²) in [5.41, 5.74) is 7.14. The van der Waals surface area contributed by atoms with Crippen LogP contribution in [0.3, 0.4) is 0 Å². The molecular weight excluding hydrogens is 476 g/mol. The maximum Gasteiger partial charge on any atom is 0.350 e. The van der Waals surface area contributed by atoms with Crippen LogP contribution in [0, 0.1) is 5.41 Å². The van der Waals surface area contributed by atoms with Gasteiger partial charge in [-0.2, -0.15) is 0 Å². The first-order chi connectivity index (χ1) is 18.0. The standard InChI is InChI=1S/C25H28N8O4/c1-3-36-19-13-17(14-20(15-19)37-12-11-35-2)21(30-18-7-5-16(6-8-18)22(26)27)23-31-25(34)33(32-23)24-28-9-4-10-29-24/h4-10,13-15,21,30H,3,11-12H2,1-2H3,(H3,26,27)(H,31,32,34). The van der Waals surface area contributed by atoms with Crippen molar-refractivity contribution in [1.82, 2.24) is 24.7 Å². The van der Waals surface area contributed by atoms with E-state index >= 15 is 0 Å². The van der Waals surface area contributed by atoms with Gasteiger partial charge in [0.25, 0.3) is 5.95 Å². The van der Waals surface area contributed by atoms with Crippen LogP contribution in [-0.2, 0) is 4.74 Å². The van der Waals surface area contributed by atoms with Crippen molar-refractivity contribution in [3.63, 3.8) is 0 Å². The van der Waals surface area contributed by atoms with Gasteiger partial charge in [-0.25, -0.2) is 14.8 Å². The summed E-state index contributed by atoms with van der Waals surface area (Å²) in [6.07, 6.45) is 3.06. The zero-order valence-corrected chi connectivity index (χ0v) is 20.5. The number of hydrogen-bond acceptors (Lipinski definition) is 9. The largest absolute Gasteiger partial charge is 0.494 e. The molecule has 0 fully saturated rings. The number of nitrogen functional groups attached to an aromatic ring is 1. The molecule has 4 rings (SSSR count). The molecule has 12 heteroatoms. The van der Waals surface area contributed by atoms with Crippen LogP contribution >= 0.6 is 0 Å². The number of hydrogen-bond donors (Lipinski definition) is 4. The lowest BCUT2D eigenvalue weighted by atomic mass is 10.0. The molecule has 0 aliphatic rings. The lowest BCUT2D eigenvalue weighted by molar-refractivity contribution is 0.146.